The normalized spacial score (nSPS) is 10.9. The van der Waals surface area contributed by atoms with E-state index in [-0.39, 0.29) is 12.2 Å². The average Bonchev–Trinajstić information content (AvgIpc) is 2.88. The van der Waals surface area contributed by atoms with Crippen LogP contribution >= 0.6 is 0 Å². The lowest BCUT2D eigenvalue weighted by Crippen LogP contribution is -2.06. The molecule has 0 aliphatic carbocycles. The van der Waals surface area contributed by atoms with Gasteiger partial charge in [0.25, 0.3) is 0 Å². The maximum atomic E-state index is 11.8. The van der Waals surface area contributed by atoms with Gasteiger partial charge in [-0.05, 0) is 24.6 Å². The molecule has 0 amide bonds. The van der Waals surface area contributed by atoms with E-state index in [1.165, 1.54) is 6.08 Å². The number of furan rings is 1. The van der Waals surface area contributed by atoms with Crippen molar-refractivity contribution in [2.45, 2.75) is 13.5 Å². The second-order valence-corrected chi connectivity index (χ2v) is 4.18. The largest absolute Gasteiger partial charge is 0.462 e. The summed E-state index contributed by atoms with van der Waals surface area (Å²) in [6.45, 7) is 1.92. The van der Waals surface area contributed by atoms with E-state index in [1.807, 2.05) is 36.4 Å². The van der Waals surface area contributed by atoms with E-state index >= 15 is 0 Å². The van der Waals surface area contributed by atoms with Gasteiger partial charge in [-0.1, -0.05) is 30.3 Å². The standard InChI is InChI=1S/C16H13NO3/c1-12-7-8-15(20-12)9-14(10-17)16(18)19-11-13-5-3-2-4-6-13/h2-9H,11H2,1H3. The van der Waals surface area contributed by atoms with Gasteiger partial charge in [-0.25, -0.2) is 4.79 Å². The van der Waals surface area contributed by atoms with Crippen LogP contribution in [-0.2, 0) is 16.1 Å². The van der Waals surface area contributed by atoms with Crippen LogP contribution in [0, 0.1) is 18.3 Å². The van der Waals surface area contributed by atoms with Gasteiger partial charge in [0.1, 0.15) is 29.8 Å². The van der Waals surface area contributed by atoms with Crippen molar-refractivity contribution in [2.24, 2.45) is 0 Å². The lowest BCUT2D eigenvalue weighted by molar-refractivity contribution is -0.139. The molecule has 2 rings (SSSR count). The minimum Gasteiger partial charge on any atom is -0.462 e. The predicted octanol–water partition coefficient (Wildman–Crippen LogP) is 3.24. The molecule has 0 N–H and O–H groups in total. The Labute approximate surface area is 116 Å². The van der Waals surface area contributed by atoms with E-state index in [9.17, 15) is 4.79 Å². The van der Waals surface area contributed by atoms with Crippen LogP contribution in [-0.4, -0.2) is 5.97 Å². The van der Waals surface area contributed by atoms with Crippen molar-refractivity contribution in [3.05, 3.63) is 65.1 Å². The van der Waals surface area contributed by atoms with E-state index in [4.69, 9.17) is 14.4 Å². The van der Waals surface area contributed by atoms with Crippen molar-refractivity contribution in [3.63, 3.8) is 0 Å². The molecule has 0 aliphatic heterocycles. The lowest BCUT2D eigenvalue weighted by atomic mass is 10.2. The lowest BCUT2D eigenvalue weighted by Gasteiger charge is -2.03. The summed E-state index contributed by atoms with van der Waals surface area (Å²) in [4.78, 5) is 11.8. The van der Waals surface area contributed by atoms with Crippen LogP contribution in [0.5, 0.6) is 0 Å². The molecule has 0 aliphatic rings. The van der Waals surface area contributed by atoms with Gasteiger partial charge < -0.3 is 9.15 Å². The second-order valence-electron chi connectivity index (χ2n) is 4.18. The minimum atomic E-state index is -0.662. The van der Waals surface area contributed by atoms with Crippen molar-refractivity contribution >= 4 is 12.0 Å². The number of esters is 1. The Bertz CT molecular complexity index is 663. The third-order valence-electron chi connectivity index (χ3n) is 2.60. The van der Waals surface area contributed by atoms with Crippen LogP contribution in [0.4, 0.5) is 0 Å². The number of benzene rings is 1. The zero-order chi connectivity index (χ0) is 14.4. The third-order valence-corrected chi connectivity index (χ3v) is 2.60. The predicted molar refractivity (Wildman–Crippen MR) is 73.3 cm³/mol. The molecule has 1 aromatic carbocycles. The maximum Gasteiger partial charge on any atom is 0.349 e. The minimum absolute atomic E-state index is 0.0877. The Morgan fingerprint density at radius 1 is 1.30 bits per heavy atom. The highest BCUT2D eigenvalue weighted by atomic mass is 16.5. The van der Waals surface area contributed by atoms with Crippen LogP contribution in [0.1, 0.15) is 17.1 Å². The Balaban J connectivity index is 2.03. The Hall–Kier alpha value is -2.80. The number of rotatable bonds is 4. The molecule has 2 aromatic rings. The summed E-state index contributed by atoms with van der Waals surface area (Å²) in [7, 11) is 0. The summed E-state index contributed by atoms with van der Waals surface area (Å²) in [6, 6.07) is 14.6. The quantitative estimate of drug-likeness (QED) is 0.484. The molecule has 0 bridgehead atoms. The smallest absolute Gasteiger partial charge is 0.349 e. The summed E-state index contributed by atoms with van der Waals surface area (Å²) in [5.74, 6) is 0.507. The fourth-order valence-corrected chi connectivity index (χ4v) is 1.61. The van der Waals surface area contributed by atoms with Gasteiger partial charge >= 0.3 is 5.97 Å². The fourth-order valence-electron chi connectivity index (χ4n) is 1.61. The molecule has 1 heterocycles. The van der Waals surface area contributed by atoms with Crippen molar-refractivity contribution in [1.29, 1.82) is 5.26 Å². The number of hydrogen-bond acceptors (Lipinski definition) is 4. The second kappa shape index (κ2) is 6.39. The van der Waals surface area contributed by atoms with Gasteiger partial charge in [0.05, 0.1) is 0 Å². The summed E-state index contributed by atoms with van der Waals surface area (Å²) in [5.41, 5.74) is 0.780. The molecule has 1 aromatic heterocycles. The molecule has 0 atom stereocenters. The van der Waals surface area contributed by atoms with Crippen molar-refractivity contribution < 1.29 is 13.9 Å². The Morgan fingerprint density at radius 3 is 2.65 bits per heavy atom. The number of hydrogen-bond donors (Lipinski definition) is 0. The molecular weight excluding hydrogens is 254 g/mol. The highest BCUT2D eigenvalue weighted by Crippen LogP contribution is 2.12. The van der Waals surface area contributed by atoms with E-state index < -0.39 is 5.97 Å². The molecule has 0 unspecified atom stereocenters. The molecule has 0 spiro atoms. The van der Waals surface area contributed by atoms with E-state index in [1.54, 1.807) is 19.1 Å². The van der Waals surface area contributed by atoms with Gasteiger partial charge in [-0.15, -0.1) is 0 Å². The Morgan fingerprint density at radius 2 is 2.05 bits per heavy atom. The SMILES string of the molecule is Cc1ccc(C=C(C#N)C(=O)OCc2ccccc2)o1. The van der Waals surface area contributed by atoms with Crippen molar-refractivity contribution in [3.8, 4) is 6.07 Å². The summed E-state index contributed by atoms with van der Waals surface area (Å²) >= 11 is 0. The summed E-state index contributed by atoms with van der Waals surface area (Å²) < 4.78 is 10.4. The van der Waals surface area contributed by atoms with Crippen LogP contribution in [0.15, 0.2) is 52.5 Å². The number of nitrogens with zero attached hydrogens (tertiary/aromatic N) is 1. The van der Waals surface area contributed by atoms with Crippen LogP contribution in [0.3, 0.4) is 0 Å². The number of carbonyl (C=O) groups excluding carboxylic acids is 1. The molecule has 4 heteroatoms. The van der Waals surface area contributed by atoms with Gasteiger partial charge in [0.2, 0.25) is 0 Å². The number of nitriles is 1. The average molecular weight is 267 g/mol. The van der Waals surface area contributed by atoms with E-state index in [0.717, 1.165) is 5.56 Å². The van der Waals surface area contributed by atoms with Crippen LogP contribution in [0.25, 0.3) is 6.08 Å². The zero-order valence-electron chi connectivity index (χ0n) is 11.0. The monoisotopic (exact) mass is 267 g/mol. The van der Waals surface area contributed by atoms with E-state index in [2.05, 4.69) is 0 Å². The highest BCUT2D eigenvalue weighted by molar-refractivity contribution is 5.97. The first-order valence-electron chi connectivity index (χ1n) is 6.08. The number of carbonyl (C=O) groups is 1. The van der Waals surface area contributed by atoms with Gasteiger partial charge in [-0.2, -0.15) is 5.26 Å². The molecular formula is C16H13NO3. The molecule has 0 radical (unpaired) electrons. The molecule has 0 fully saturated rings. The third kappa shape index (κ3) is 3.59. The Kier molecular flexibility index (Phi) is 4.35. The number of ether oxygens (including phenoxy) is 1. The maximum absolute atomic E-state index is 11.8. The fraction of sp³-hybridized carbons (Fsp3) is 0.125. The topological polar surface area (TPSA) is 63.2 Å². The molecule has 0 saturated heterocycles. The molecule has 4 nitrogen and oxygen atoms in total. The van der Waals surface area contributed by atoms with Gasteiger partial charge in [-0.3, -0.25) is 0 Å². The van der Waals surface area contributed by atoms with Crippen LogP contribution < -0.4 is 0 Å². The zero-order valence-corrected chi connectivity index (χ0v) is 11.0. The van der Waals surface area contributed by atoms with Gasteiger partial charge in [0, 0.05) is 6.08 Å². The first kappa shape index (κ1) is 13.6. The van der Waals surface area contributed by atoms with Crippen molar-refractivity contribution in [1.82, 2.24) is 0 Å². The molecule has 0 saturated carbocycles. The first-order valence-corrected chi connectivity index (χ1v) is 6.08. The van der Waals surface area contributed by atoms with E-state index in [0.29, 0.717) is 11.5 Å². The van der Waals surface area contributed by atoms with Crippen LogP contribution in [0.2, 0.25) is 0 Å². The number of aryl methyl sites for hydroxylation is 1. The summed E-state index contributed by atoms with van der Waals surface area (Å²) in [5, 5.41) is 9.00. The first-order chi connectivity index (χ1) is 9.69. The summed E-state index contributed by atoms with van der Waals surface area (Å²) in [6.07, 6.45) is 1.38. The molecule has 100 valence electrons. The highest BCUT2D eigenvalue weighted by Gasteiger charge is 2.12. The van der Waals surface area contributed by atoms with Crippen molar-refractivity contribution in [2.75, 3.05) is 0 Å². The molecule has 20 heavy (non-hydrogen) atoms. The van der Waals surface area contributed by atoms with Gasteiger partial charge in [0.15, 0.2) is 0 Å².